The summed E-state index contributed by atoms with van der Waals surface area (Å²) in [6.45, 7) is 0. The first-order chi connectivity index (χ1) is 10.1. The Labute approximate surface area is 120 Å². The van der Waals surface area contributed by atoms with Crippen molar-refractivity contribution >= 4 is 22.5 Å². The van der Waals surface area contributed by atoms with Gasteiger partial charge in [-0.15, -0.1) is 0 Å². The van der Waals surface area contributed by atoms with E-state index in [2.05, 4.69) is 10.3 Å². The van der Waals surface area contributed by atoms with Crippen molar-refractivity contribution < 1.29 is 15.0 Å². The van der Waals surface area contributed by atoms with Gasteiger partial charge < -0.3 is 15.5 Å². The quantitative estimate of drug-likeness (QED) is 0.630. The first kappa shape index (κ1) is 12.9. The number of carbonyl (C=O) groups excluding carboxylic acids is 1. The average Bonchev–Trinajstić information content (AvgIpc) is 2.50. The number of benzene rings is 2. The summed E-state index contributed by atoms with van der Waals surface area (Å²) in [7, 11) is 0. The number of fused-ring (bicyclic) bond motifs is 1. The molecule has 21 heavy (non-hydrogen) atoms. The normalized spacial score (nSPS) is 10.5. The van der Waals surface area contributed by atoms with E-state index in [0.29, 0.717) is 11.2 Å². The molecule has 0 saturated heterocycles. The molecule has 1 heterocycles. The van der Waals surface area contributed by atoms with E-state index in [1.165, 1.54) is 18.2 Å². The van der Waals surface area contributed by atoms with Crippen LogP contribution >= 0.6 is 0 Å². The standard InChI is InChI=1S/C16H12N2O3/c19-13-7-6-11(9-14(13)20)16(21)18-12-5-1-3-10-4-2-8-17-15(10)12/h1-9,19-20H,(H,18,21). The number of aromatic nitrogens is 1. The number of amides is 1. The Hall–Kier alpha value is -3.08. The van der Waals surface area contributed by atoms with Crippen molar-refractivity contribution in [2.75, 3.05) is 5.32 Å². The monoisotopic (exact) mass is 280 g/mol. The zero-order chi connectivity index (χ0) is 14.8. The Morgan fingerprint density at radius 3 is 2.62 bits per heavy atom. The van der Waals surface area contributed by atoms with E-state index < -0.39 is 0 Å². The maximum absolute atomic E-state index is 12.2. The summed E-state index contributed by atoms with van der Waals surface area (Å²) >= 11 is 0. The lowest BCUT2D eigenvalue weighted by molar-refractivity contribution is 0.102. The van der Waals surface area contributed by atoms with Gasteiger partial charge in [0, 0.05) is 17.1 Å². The third-order valence-corrected chi connectivity index (χ3v) is 3.12. The Balaban J connectivity index is 1.94. The van der Waals surface area contributed by atoms with Gasteiger partial charge in [-0.2, -0.15) is 0 Å². The number of phenols is 2. The second kappa shape index (κ2) is 5.13. The summed E-state index contributed by atoms with van der Waals surface area (Å²) < 4.78 is 0. The van der Waals surface area contributed by atoms with Crippen molar-refractivity contribution in [1.82, 2.24) is 4.98 Å². The van der Waals surface area contributed by atoms with Gasteiger partial charge in [0.15, 0.2) is 11.5 Å². The molecule has 1 amide bonds. The zero-order valence-electron chi connectivity index (χ0n) is 10.9. The van der Waals surface area contributed by atoms with E-state index >= 15 is 0 Å². The maximum Gasteiger partial charge on any atom is 0.255 e. The summed E-state index contributed by atoms with van der Waals surface area (Å²) in [6.07, 6.45) is 1.66. The van der Waals surface area contributed by atoms with Crippen LogP contribution in [0.1, 0.15) is 10.4 Å². The predicted molar refractivity (Wildman–Crippen MR) is 79.5 cm³/mol. The number of phenolic OH excluding ortho intramolecular Hbond substituents is 2. The molecule has 0 saturated carbocycles. The minimum absolute atomic E-state index is 0.248. The molecule has 5 heteroatoms. The molecular weight excluding hydrogens is 268 g/mol. The maximum atomic E-state index is 12.2. The number of para-hydroxylation sites is 1. The van der Waals surface area contributed by atoms with Gasteiger partial charge in [-0.05, 0) is 30.3 Å². The third kappa shape index (κ3) is 2.49. The topological polar surface area (TPSA) is 82.5 Å². The summed E-state index contributed by atoms with van der Waals surface area (Å²) in [4.78, 5) is 16.4. The van der Waals surface area contributed by atoms with Crippen LogP contribution in [0.2, 0.25) is 0 Å². The molecule has 0 unspecified atom stereocenters. The number of hydrogen-bond donors (Lipinski definition) is 3. The molecule has 5 nitrogen and oxygen atoms in total. The molecule has 0 aliphatic carbocycles. The number of carbonyl (C=O) groups is 1. The fourth-order valence-corrected chi connectivity index (χ4v) is 2.06. The lowest BCUT2D eigenvalue weighted by Gasteiger charge is -2.08. The van der Waals surface area contributed by atoms with Crippen LogP contribution < -0.4 is 5.32 Å². The Kier molecular flexibility index (Phi) is 3.16. The van der Waals surface area contributed by atoms with E-state index in [-0.39, 0.29) is 23.0 Å². The molecular formula is C16H12N2O3. The van der Waals surface area contributed by atoms with Crippen LogP contribution in [0.3, 0.4) is 0 Å². The van der Waals surface area contributed by atoms with Crippen molar-refractivity contribution in [2.45, 2.75) is 0 Å². The van der Waals surface area contributed by atoms with Crippen LogP contribution in [0, 0.1) is 0 Å². The van der Waals surface area contributed by atoms with Crippen molar-refractivity contribution in [3.05, 3.63) is 60.3 Å². The number of nitrogens with zero attached hydrogens (tertiary/aromatic N) is 1. The summed E-state index contributed by atoms with van der Waals surface area (Å²) in [5.41, 5.74) is 1.53. The lowest BCUT2D eigenvalue weighted by Crippen LogP contribution is -2.12. The predicted octanol–water partition coefficient (Wildman–Crippen LogP) is 2.90. The highest BCUT2D eigenvalue weighted by Crippen LogP contribution is 2.26. The van der Waals surface area contributed by atoms with E-state index in [1.54, 1.807) is 12.3 Å². The molecule has 3 N–H and O–H groups in total. The largest absolute Gasteiger partial charge is 0.504 e. The Morgan fingerprint density at radius 1 is 1.00 bits per heavy atom. The van der Waals surface area contributed by atoms with Gasteiger partial charge in [0.25, 0.3) is 5.91 Å². The number of nitrogens with one attached hydrogen (secondary N) is 1. The average molecular weight is 280 g/mol. The van der Waals surface area contributed by atoms with Gasteiger partial charge in [-0.1, -0.05) is 18.2 Å². The molecule has 0 fully saturated rings. The highest BCUT2D eigenvalue weighted by Gasteiger charge is 2.11. The molecule has 0 bridgehead atoms. The highest BCUT2D eigenvalue weighted by atomic mass is 16.3. The highest BCUT2D eigenvalue weighted by molar-refractivity contribution is 6.08. The smallest absolute Gasteiger partial charge is 0.255 e. The third-order valence-electron chi connectivity index (χ3n) is 3.12. The molecule has 3 rings (SSSR count). The Bertz CT molecular complexity index is 825. The van der Waals surface area contributed by atoms with E-state index in [9.17, 15) is 15.0 Å². The molecule has 1 aromatic heterocycles. The van der Waals surface area contributed by atoms with Gasteiger partial charge >= 0.3 is 0 Å². The van der Waals surface area contributed by atoms with Crippen LogP contribution in [0.25, 0.3) is 10.9 Å². The van der Waals surface area contributed by atoms with Crippen LogP contribution in [0.5, 0.6) is 11.5 Å². The van der Waals surface area contributed by atoms with Gasteiger partial charge in [-0.25, -0.2) is 0 Å². The molecule has 0 aliphatic rings. The van der Waals surface area contributed by atoms with Crippen LogP contribution in [0.4, 0.5) is 5.69 Å². The summed E-state index contributed by atoms with van der Waals surface area (Å²) in [5.74, 6) is -0.986. The van der Waals surface area contributed by atoms with Gasteiger partial charge in [0.2, 0.25) is 0 Å². The number of anilines is 1. The number of pyridine rings is 1. The molecule has 2 aromatic carbocycles. The fraction of sp³-hybridized carbons (Fsp3) is 0. The molecule has 0 radical (unpaired) electrons. The number of hydrogen-bond acceptors (Lipinski definition) is 4. The van der Waals surface area contributed by atoms with Gasteiger partial charge in [-0.3, -0.25) is 9.78 Å². The van der Waals surface area contributed by atoms with E-state index in [4.69, 9.17) is 0 Å². The second-order valence-corrected chi connectivity index (χ2v) is 4.54. The molecule has 3 aromatic rings. The van der Waals surface area contributed by atoms with Crippen molar-refractivity contribution in [2.24, 2.45) is 0 Å². The molecule has 104 valence electrons. The fourth-order valence-electron chi connectivity index (χ4n) is 2.06. The van der Waals surface area contributed by atoms with Crippen molar-refractivity contribution in [3.8, 4) is 11.5 Å². The van der Waals surface area contributed by atoms with Gasteiger partial charge in [0.1, 0.15) is 0 Å². The molecule has 0 aliphatic heterocycles. The first-order valence-corrected chi connectivity index (χ1v) is 6.32. The van der Waals surface area contributed by atoms with E-state index in [1.807, 2.05) is 24.3 Å². The summed E-state index contributed by atoms with van der Waals surface area (Å²) in [5, 5.41) is 22.4. The number of aromatic hydroxyl groups is 2. The van der Waals surface area contributed by atoms with Crippen LogP contribution in [-0.2, 0) is 0 Å². The second-order valence-electron chi connectivity index (χ2n) is 4.54. The van der Waals surface area contributed by atoms with Crippen molar-refractivity contribution in [3.63, 3.8) is 0 Å². The summed E-state index contributed by atoms with van der Waals surface area (Å²) in [6, 6.07) is 13.1. The molecule has 0 atom stereocenters. The minimum Gasteiger partial charge on any atom is -0.504 e. The Morgan fingerprint density at radius 2 is 1.81 bits per heavy atom. The zero-order valence-corrected chi connectivity index (χ0v) is 10.9. The lowest BCUT2D eigenvalue weighted by atomic mass is 10.1. The number of rotatable bonds is 2. The minimum atomic E-state index is -0.386. The van der Waals surface area contributed by atoms with Crippen LogP contribution in [0.15, 0.2) is 54.7 Å². The van der Waals surface area contributed by atoms with Gasteiger partial charge in [0.05, 0.1) is 11.2 Å². The van der Waals surface area contributed by atoms with Crippen molar-refractivity contribution in [1.29, 1.82) is 0 Å². The van der Waals surface area contributed by atoms with Crippen LogP contribution in [-0.4, -0.2) is 21.1 Å². The molecule has 0 spiro atoms. The first-order valence-electron chi connectivity index (χ1n) is 6.32. The van der Waals surface area contributed by atoms with E-state index in [0.717, 1.165) is 5.39 Å². The SMILES string of the molecule is O=C(Nc1cccc2cccnc12)c1ccc(O)c(O)c1.